The van der Waals surface area contributed by atoms with Gasteiger partial charge in [-0.25, -0.2) is 4.79 Å². The first-order valence-electron chi connectivity index (χ1n) is 2.95. The van der Waals surface area contributed by atoms with Gasteiger partial charge in [0.05, 0.1) is 8.80 Å². The lowest BCUT2D eigenvalue weighted by Crippen LogP contribution is -2.02. The van der Waals surface area contributed by atoms with Gasteiger partial charge >= 0.3 is 5.97 Å². The molecule has 0 aliphatic carbocycles. The Bertz CT molecular complexity index is 138. The lowest BCUT2D eigenvalue weighted by atomic mass is 10.4. The molecule has 0 aromatic carbocycles. The van der Waals surface area contributed by atoms with Crippen LogP contribution in [-0.4, -0.2) is 19.9 Å². The van der Waals surface area contributed by atoms with Crippen LogP contribution in [0.2, 0.25) is 13.1 Å². The Hall–Kier alpha value is -0.573. The number of carboxylic acid groups (broad SMARTS) is 1. The second kappa shape index (κ2) is 3.45. The largest absolute Gasteiger partial charge is 0.478 e. The highest BCUT2D eigenvalue weighted by Crippen LogP contribution is 1.93. The van der Waals surface area contributed by atoms with Crippen LogP contribution in [-0.2, 0) is 4.79 Å². The van der Waals surface area contributed by atoms with E-state index >= 15 is 0 Å². The fourth-order valence-electron chi connectivity index (χ4n) is 0.571. The molecule has 52 valence electrons. The van der Waals surface area contributed by atoms with Gasteiger partial charge in [-0.3, -0.25) is 0 Å². The smallest absolute Gasteiger partial charge is 0.330 e. The Balaban J connectivity index is 4.00. The van der Waals surface area contributed by atoms with Crippen molar-refractivity contribution in [2.24, 2.45) is 0 Å². The van der Waals surface area contributed by atoms with Crippen LogP contribution in [0.15, 0.2) is 11.3 Å². The van der Waals surface area contributed by atoms with E-state index < -0.39 is 14.8 Å². The molecule has 9 heavy (non-hydrogen) atoms. The summed E-state index contributed by atoms with van der Waals surface area (Å²) < 4.78 is 0. The van der Waals surface area contributed by atoms with Crippen molar-refractivity contribution in [2.75, 3.05) is 0 Å². The molecule has 0 saturated carbocycles. The minimum absolute atomic E-state index is 0.483. The average Bonchev–Trinajstić information content (AvgIpc) is 1.63. The van der Waals surface area contributed by atoms with Crippen molar-refractivity contribution < 1.29 is 9.90 Å². The van der Waals surface area contributed by atoms with Crippen LogP contribution in [0.25, 0.3) is 0 Å². The van der Waals surface area contributed by atoms with Crippen LogP contribution >= 0.6 is 0 Å². The molecular weight excluding hydrogens is 132 g/mol. The average molecular weight is 144 g/mol. The van der Waals surface area contributed by atoms with E-state index in [9.17, 15) is 4.79 Å². The van der Waals surface area contributed by atoms with Crippen LogP contribution in [0.4, 0.5) is 0 Å². The minimum Gasteiger partial charge on any atom is -0.478 e. The summed E-state index contributed by atoms with van der Waals surface area (Å²) in [7, 11) is -0.827. The molecule has 0 aromatic rings. The Morgan fingerprint density at radius 2 is 2.00 bits per heavy atom. The van der Waals surface area contributed by atoms with Gasteiger partial charge in [-0.1, -0.05) is 18.8 Å². The predicted molar refractivity (Wildman–Crippen MR) is 40.3 cm³/mol. The molecule has 0 rings (SSSR count). The van der Waals surface area contributed by atoms with Gasteiger partial charge in [-0.05, 0) is 6.92 Å². The van der Waals surface area contributed by atoms with Crippen LogP contribution in [0.1, 0.15) is 6.92 Å². The van der Waals surface area contributed by atoms with Crippen molar-refractivity contribution in [2.45, 2.75) is 20.0 Å². The summed E-state index contributed by atoms with van der Waals surface area (Å²) >= 11 is 0. The summed E-state index contributed by atoms with van der Waals surface area (Å²) in [6.45, 7) is 5.81. The highest BCUT2D eigenvalue weighted by atomic mass is 28.3. The fraction of sp³-hybridized carbons (Fsp3) is 0.500. The molecular formula is C6H12O2Si. The van der Waals surface area contributed by atoms with Crippen LogP contribution in [0.3, 0.4) is 0 Å². The lowest BCUT2D eigenvalue weighted by molar-refractivity contribution is -0.132. The Morgan fingerprint density at radius 1 is 1.56 bits per heavy atom. The first kappa shape index (κ1) is 8.43. The molecule has 0 saturated heterocycles. The molecule has 0 aromatic heterocycles. The van der Waals surface area contributed by atoms with Gasteiger partial charge < -0.3 is 5.11 Å². The van der Waals surface area contributed by atoms with E-state index in [1.54, 1.807) is 6.92 Å². The van der Waals surface area contributed by atoms with Crippen molar-refractivity contribution in [3.05, 3.63) is 11.3 Å². The quantitative estimate of drug-likeness (QED) is 0.464. The molecule has 0 bridgehead atoms. The van der Waals surface area contributed by atoms with Crippen molar-refractivity contribution in [3.63, 3.8) is 0 Å². The summed E-state index contributed by atoms with van der Waals surface area (Å²) in [5.41, 5.74) is 2.35. The fourth-order valence-corrected chi connectivity index (χ4v) is 1.71. The van der Waals surface area contributed by atoms with Crippen LogP contribution in [0.5, 0.6) is 0 Å². The zero-order valence-electron chi connectivity index (χ0n) is 6.01. The number of aliphatic carboxylic acids is 1. The summed E-state index contributed by atoms with van der Waals surface area (Å²) in [6.07, 6.45) is 0. The van der Waals surface area contributed by atoms with E-state index in [0.29, 0.717) is 5.57 Å². The van der Waals surface area contributed by atoms with Crippen LogP contribution in [0, 0.1) is 0 Å². The van der Waals surface area contributed by atoms with Gasteiger partial charge in [0.15, 0.2) is 0 Å². The zero-order chi connectivity index (χ0) is 7.44. The van der Waals surface area contributed by atoms with Gasteiger partial charge in [0.1, 0.15) is 0 Å². The standard InChI is InChI=1S/C6H12O2Si/c1-5(6(7)8)4-9(2)3/h4,9H,1-3H3,(H,7,8). The molecule has 0 unspecified atom stereocenters. The molecule has 0 amide bonds. The first-order chi connectivity index (χ1) is 4.04. The van der Waals surface area contributed by atoms with E-state index in [-0.39, 0.29) is 0 Å². The monoisotopic (exact) mass is 144 g/mol. The van der Waals surface area contributed by atoms with E-state index in [1.165, 1.54) is 0 Å². The molecule has 3 heteroatoms. The van der Waals surface area contributed by atoms with Gasteiger partial charge in [0.25, 0.3) is 0 Å². The van der Waals surface area contributed by atoms with Gasteiger partial charge in [0, 0.05) is 5.57 Å². The maximum atomic E-state index is 10.2. The molecule has 1 N–H and O–H groups in total. The lowest BCUT2D eigenvalue weighted by Gasteiger charge is -1.93. The van der Waals surface area contributed by atoms with Crippen molar-refractivity contribution >= 4 is 14.8 Å². The Morgan fingerprint density at radius 3 is 2.11 bits per heavy atom. The second-order valence-corrected chi connectivity index (χ2v) is 5.22. The number of carboxylic acids is 1. The van der Waals surface area contributed by atoms with E-state index in [2.05, 4.69) is 13.1 Å². The normalized spacial score (nSPS) is 12.2. The highest BCUT2D eigenvalue weighted by molar-refractivity contribution is 6.61. The van der Waals surface area contributed by atoms with E-state index in [0.717, 1.165) is 0 Å². The van der Waals surface area contributed by atoms with Crippen molar-refractivity contribution in [1.29, 1.82) is 0 Å². The third-order valence-corrected chi connectivity index (χ3v) is 2.09. The third kappa shape index (κ3) is 3.97. The molecule has 0 fully saturated rings. The predicted octanol–water partition coefficient (Wildman–Crippen LogP) is 1.04. The molecule has 0 aliphatic rings. The number of rotatable bonds is 2. The molecule has 0 spiro atoms. The Labute approximate surface area is 56.8 Å². The first-order valence-corrected chi connectivity index (χ1v) is 5.93. The summed E-state index contributed by atoms with van der Waals surface area (Å²) in [4.78, 5) is 10.2. The van der Waals surface area contributed by atoms with E-state index in [4.69, 9.17) is 5.11 Å². The van der Waals surface area contributed by atoms with Gasteiger partial charge in [-0.2, -0.15) is 0 Å². The van der Waals surface area contributed by atoms with Gasteiger partial charge in [-0.15, -0.1) is 0 Å². The Kier molecular flexibility index (Phi) is 3.23. The minimum atomic E-state index is -0.827. The highest BCUT2D eigenvalue weighted by Gasteiger charge is 1.99. The third-order valence-electron chi connectivity index (χ3n) is 0.921. The molecule has 0 radical (unpaired) electrons. The number of carbonyl (C=O) groups is 1. The summed E-state index contributed by atoms with van der Waals surface area (Å²) in [6, 6.07) is 0. The molecule has 0 aliphatic heterocycles. The SMILES string of the molecule is CC(=C[SiH](C)C)C(=O)O. The van der Waals surface area contributed by atoms with Crippen molar-refractivity contribution in [1.82, 2.24) is 0 Å². The van der Waals surface area contributed by atoms with Gasteiger partial charge in [0.2, 0.25) is 0 Å². The summed E-state index contributed by atoms with van der Waals surface area (Å²) in [5.74, 6) is -0.795. The zero-order valence-corrected chi connectivity index (χ0v) is 7.16. The second-order valence-electron chi connectivity index (χ2n) is 2.40. The summed E-state index contributed by atoms with van der Waals surface area (Å²) in [5, 5.41) is 8.38. The maximum Gasteiger partial charge on any atom is 0.330 e. The molecule has 0 heterocycles. The van der Waals surface area contributed by atoms with Crippen LogP contribution < -0.4 is 0 Å². The topological polar surface area (TPSA) is 37.3 Å². The number of hydrogen-bond donors (Lipinski definition) is 1. The van der Waals surface area contributed by atoms with E-state index in [1.807, 2.05) is 5.70 Å². The maximum absolute atomic E-state index is 10.2. The van der Waals surface area contributed by atoms with Crippen molar-refractivity contribution in [3.8, 4) is 0 Å². The molecule has 2 nitrogen and oxygen atoms in total. The number of hydrogen-bond acceptors (Lipinski definition) is 1. The molecule has 0 atom stereocenters.